The van der Waals surface area contributed by atoms with Crippen molar-refractivity contribution in [1.82, 2.24) is 0 Å². The van der Waals surface area contributed by atoms with Gasteiger partial charge in [-0.1, -0.05) is 0 Å². The van der Waals surface area contributed by atoms with Gasteiger partial charge in [0, 0.05) is 18.8 Å². The Labute approximate surface area is 96.9 Å². The highest BCUT2D eigenvalue weighted by molar-refractivity contribution is 5.85. The maximum absolute atomic E-state index is 11.6. The standard InChI is InChI=1S/C11H12O6/c1-3(12)16-8-4-2-5-7(6(4)10(13)14)11(15)17-9(5)8/h4-9H,2H2,1H3,(H,13,14). The fraction of sp³-hybridized carbons (Fsp3) is 0.727. The van der Waals surface area contributed by atoms with Gasteiger partial charge in [-0.2, -0.15) is 0 Å². The van der Waals surface area contributed by atoms with Gasteiger partial charge in [-0.15, -0.1) is 0 Å². The third kappa shape index (κ3) is 1.23. The average Bonchev–Trinajstić information content (AvgIpc) is 2.79. The first kappa shape index (κ1) is 10.6. The van der Waals surface area contributed by atoms with Gasteiger partial charge in [-0.3, -0.25) is 14.4 Å². The van der Waals surface area contributed by atoms with Crippen molar-refractivity contribution < 1.29 is 29.0 Å². The van der Waals surface area contributed by atoms with Crippen molar-refractivity contribution >= 4 is 17.9 Å². The molecule has 0 aromatic carbocycles. The van der Waals surface area contributed by atoms with E-state index in [0.29, 0.717) is 6.42 Å². The summed E-state index contributed by atoms with van der Waals surface area (Å²) in [7, 11) is 0. The lowest BCUT2D eigenvalue weighted by Gasteiger charge is -2.28. The lowest BCUT2D eigenvalue weighted by molar-refractivity contribution is -0.162. The first-order valence-corrected chi connectivity index (χ1v) is 5.61. The first-order valence-electron chi connectivity index (χ1n) is 5.61. The Kier molecular flexibility index (Phi) is 1.99. The minimum Gasteiger partial charge on any atom is -0.481 e. The summed E-state index contributed by atoms with van der Waals surface area (Å²) in [6.07, 6.45) is -0.422. The molecule has 0 spiro atoms. The Morgan fingerprint density at radius 3 is 2.71 bits per heavy atom. The molecule has 1 N–H and O–H groups in total. The summed E-state index contributed by atoms with van der Waals surface area (Å²) < 4.78 is 10.3. The van der Waals surface area contributed by atoms with E-state index in [4.69, 9.17) is 9.47 Å². The van der Waals surface area contributed by atoms with Gasteiger partial charge in [0.1, 0.15) is 12.2 Å². The summed E-state index contributed by atoms with van der Waals surface area (Å²) in [5.41, 5.74) is 0. The number of carboxylic acid groups (broad SMARTS) is 1. The smallest absolute Gasteiger partial charge is 0.310 e. The summed E-state index contributed by atoms with van der Waals surface area (Å²) in [5.74, 6) is -3.63. The lowest BCUT2D eigenvalue weighted by Crippen LogP contribution is -2.42. The molecule has 6 heteroatoms. The highest BCUT2D eigenvalue weighted by Gasteiger charge is 2.69. The van der Waals surface area contributed by atoms with Crippen molar-refractivity contribution in [3.63, 3.8) is 0 Å². The van der Waals surface area contributed by atoms with Gasteiger partial charge in [0.25, 0.3) is 0 Å². The number of carbonyl (C=O) groups excluding carboxylic acids is 2. The van der Waals surface area contributed by atoms with Crippen molar-refractivity contribution in [2.75, 3.05) is 0 Å². The predicted octanol–water partition coefficient (Wildman–Crippen LogP) is -0.190. The Bertz CT molecular complexity index is 416. The van der Waals surface area contributed by atoms with Gasteiger partial charge >= 0.3 is 17.9 Å². The number of hydrogen-bond acceptors (Lipinski definition) is 5. The molecule has 0 radical (unpaired) electrons. The van der Waals surface area contributed by atoms with Gasteiger partial charge in [0.15, 0.2) is 0 Å². The fourth-order valence-electron chi connectivity index (χ4n) is 3.68. The molecule has 6 atom stereocenters. The SMILES string of the molecule is CC(=O)OC1C2CC3C1OC(=O)C3C2C(=O)O. The second-order valence-corrected chi connectivity index (χ2v) is 4.93. The molecule has 2 saturated carbocycles. The van der Waals surface area contributed by atoms with E-state index < -0.39 is 42.0 Å². The molecule has 0 aromatic heterocycles. The number of ether oxygens (including phenoxy) is 2. The van der Waals surface area contributed by atoms with E-state index >= 15 is 0 Å². The van der Waals surface area contributed by atoms with Crippen LogP contribution in [0.15, 0.2) is 0 Å². The molecule has 1 heterocycles. The molecule has 3 fully saturated rings. The Hall–Kier alpha value is -1.59. The summed E-state index contributed by atoms with van der Waals surface area (Å²) in [4.78, 5) is 33.8. The molecule has 3 rings (SSSR count). The van der Waals surface area contributed by atoms with Crippen LogP contribution in [0.25, 0.3) is 0 Å². The second-order valence-electron chi connectivity index (χ2n) is 4.93. The third-order valence-electron chi connectivity index (χ3n) is 4.13. The van der Waals surface area contributed by atoms with Crippen molar-refractivity contribution in [3.8, 4) is 0 Å². The Balaban J connectivity index is 1.94. The summed E-state index contributed by atoms with van der Waals surface area (Å²) in [6.45, 7) is 1.27. The molecule has 2 aliphatic carbocycles. The van der Waals surface area contributed by atoms with E-state index in [1.807, 2.05) is 0 Å². The first-order chi connectivity index (χ1) is 8.00. The van der Waals surface area contributed by atoms with E-state index in [1.54, 1.807) is 0 Å². The van der Waals surface area contributed by atoms with Crippen LogP contribution in [-0.4, -0.2) is 35.2 Å². The van der Waals surface area contributed by atoms with E-state index in [9.17, 15) is 19.5 Å². The maximum Gasteiger partial charge on any atom is 0.310 e. The molecule has 17 heavy (non-hydrogen) atoms. The predicted molar refractivity (Wildman–Crippen MR) is 51.6 cm³/mol. The van der Waals surface area contributed by atoms with Crippen LogP contribution >= 0.6 is 0 Å². The molecule has 0 amide bonds. The molecule has 1 aliphatic heterocycles. The monoisotopic (exact) mass is 240 g/mol. The molecule has 0 aromatic rings. The fourth-order valence-corrected chi connectivity index (χ4v) is 3.68. The van der Waals surface area contributed by atoms with Gasteiger partial charge in [-0.05, 0) is 6.42 Å². The number of carbonyl (C=O) groups is 3. The van der Waals surface area contributed by atoms with Crippen LogP contribution < -0.4 is 0 Å². The van der Waals surface area contributed by atoms with Crippen LogP contribution in [0.2, 0.25) is 0 Å². The molecule has 1 saturated heterocycles. The minimum absolute atomic E-state index is 0.0991. The molecule has 6 unspecified atom stereocenters. The highest BCUT2D eigenvalue weighted by Crippen LogP contribution is 2.58. The Morgan fingerprint density at radius 2 is 2.12 bits per heavy atom. The van der Waals surface area contributed by atoms with Crippen molar-refractivity contribution in [1.29, 1.82) is 0 Å². The Morgan fingerprint density at radius 1 is 1.41 bits per heavy atom. The summed E-state index contributed by atoms with van der Waals surface area (Å²) >= 11 is 0. The van der Waals surface area contributed by atoms with Gasteiger partial charge in [0.2, 0.25) is 0 Å². The largest absolute Gasteiger partial charge is 0.481 e. The minimum atomic E-state index is -1.00. The van der Waals surface area contributed by atoms with E-state index in [-0.39, 0.29) is 11.8 Å². The van der Waals surface area contributed by atoms with Gasteiger partial charge in [0.05, 0.1) is 11.8 Å². The number of aliphatic carboxylic acids is 1. The number of carboxylic acids is 1. The molecule has 6 nitrogen and oxygen atoms in total. The van der Waals surface area contributed by atoms with Crippen molar-refractivity contribution in [2.45, 2.75) is 25.6 Å². The van der Waals surface area contributed by atoms with Crippen LogP contribution in [0.4, 0.5) is 0 Å². The number of rotatable bonds is 2. The van der Waals surface area contributed by atoms with Crippen LogP contribution in [0.1, 0.15) is 13.3 Å². The number of esters is 2. The third-order valence-corrected chi connectivity index (χ3v) is 4.13. The zero-order valence-corrected chi connectivity index (χ0v) is 9.16. The normalized spacial score (nSPS) is 45.8. The van der Waals surface area contributed by atoms with E-state index in [0.717, 1.165) is 0 Å². The second kappa shape index (κ2) is 3.21. The van der Waals surface area contributed by atoms with Gasteiger partial charge < -0.3 is 14.6 Å². The van der Waals surface area contributed by atoms with Crippen molar-refractivity contribution in [3.05, 3.63) is 0 Å². The summed E-state index contributed by atoms with van der Waals surface area (Å²) in [5, 5.41) is 9.18. The van der Waals surface area contributed by atoms with Crippen LogP contribution in [-0.2, 0) is 23.9 Å². The molecule has 92 valence electrons. The maximum atomic E-state index is 11.6. The molecule has 3 aliphatic rings. The topological polar surface area (TPSA) is 89.9 Å². The molecule has 2 bridgehead atoms. The molecular weight excluding hydrogens is 228 g/mol. The van der Waals surface area contributed by atoms with Crippen LogP contribution in [0, 0.1) is 23.7 Å². The molecular formula is C11H12O6. The zero-order valence-electron chi connectivity index (χ0n) is 9.16. The summed E-state index contributed by atoms with van der Waals surface area (Å²) in [6, 6.07) is 0. The highest BCUT2D eigenvalue weighted by atomic mass is 16.6. The average molecular weight is 240 g/mol. The zero-order chi connectivity index (χ0) is 12.3. The van der Waals surface area contributed by atoms with E-state index in [1.165, 1.54) is 6.92 Å². The van der Waals surface area contributed by atoms with Crippen LogP contribution in [0.3, 0.4) is 0 Å². The quantitative estimate of drug-likeness (QED) is 0.673. The van der Waals surface area contributed by atoms with E-state index in [2.05, 4.69) is 0 Å². The number of fused-ring (bicyclic) bond motifs is 1. The van der Waals surface area contributed by atoms with Gasteiger partial charge in [-0.25, -0.2) is 0 Å². The van der Waals surface area contributed by atoms with Crippen LogP contribution in [0.5, 0.6) is 0 Å². The van der Waals surface area contributed by atoms with Crippen molar-refractivity contribution in [2.24, 2.45) is 23.7 Å². The lowest BCUT2D eigenvalue weighted by atomic mass is 9.78. The number of hydrogen-bond donors (Lipinski definition) is 1.